The number of hydrogen-bond donors (Lipinski definition) is 3. The van der Waals surface area contributed by atoms with Gasteiger partial charge in [0.05, 0.1) is 11.6 Å². The van der Waals surface area contributed by atoms with Crippen molar-refractivity contribution >= 4 is 28.3 Å². The Hall–Kier alpha value is -2.78. The lowest BCUT2D eigenvalue weighted by atomic mass is 10.1. The number of piperazine rings is 1. The van der Waals surface area contributed by atoms with E-state index in [1.54, 1.807) is 12.3 Å². The van der Waals surface area contributed by atoms with Crippen molar-refractivity contribution in [3.63, 3.8) is 0 Å². The van der Waals surface area contributed by atoms with Gasteiger partial charge in [-0.15, -0.1) is 0 Å². The minimum atomic E-state index is -0.751. The summed E-state index contributed by atoms with van der Waals surface area (Å²) in [7, 11) is 0. The number of nitrogens with one attached hydrogen (secondary N) is 3. The molecule has 2 amide bonds. The van der Waals surface area contributed by atoms with Gasteiger partial charge in [-0.3, -0.25) is 24.6 Å². The zero-order valence-electron chi connectivity index (χ0n) is 15.6. The van der Waals surface area contributed by atoms with E-state index in [0.29, 0.717) is 5.39 Å². The highest BCUT2D eigenvalue weighted by molar-refractivity contribution is 5.99. The lowest BCUT2D eigenvalue weighted by Gasteiger charge is -2.27. The van der Waals surface area contributed by atoms with Crippen LogP contribution in [0, 0.1) is 0 Å². The molecule has 2 aromatic rings. The largest absolute Gasteiger partial charge is 0.384 e. The molecule has 9 heteroatoms. The number of carbonyl (C=O) groups excluding carboxylic acids is 2. The Morgan fingerprint density at radius 1 is 1.18 bits per heavy atom. The lowest BCUT2D eigenvalue weighted by Crippen LogP contribution is -2.45. The summed E-state index contributed by atoms with van der Waals surface area (Å²) in [5, 5.41) is 14.4. The van der Waals surface area contributed by atoms with Crippen LogP contribution in [0.3, 0.4) is 0 Å². The van der Waals surface area contributed by atoms with Crippen LogP contribution in [-0.4, -0.2) is 65.8 Å². The number of imide groups is 1. The van der Waals surface area contributed by atoms with Crippen molar-refractivity contribution in [2.24, 2.45) is 0 Å². The van der Waals surface area contributed by atoms with E-state index in [2.05, 4.69) is 25.9 Å². The average molecular weight is 384 g/mol. The van der Waals surface area contributed by atoms with Gasteiger partial charge >= 0.3 is 0 Å². The third-order valence-electron chi connectivity index (χ3n) is 5.29. The van der Waals surface area contributed by atoms with Crippen LogP contribution in [0.2, 0.25) is 0 Å². The van der Waals surface area contributed by atoms with E-state index in [9.17, 15) is 14.4 Å². The Morgan fingerprint density at radius 2 is 2.00 bits per heavy atom. The predicted octanol–water partition coefficient (Wildman–Crippen LogP) is -0.309. The predicted molar refractivity (Wildman–Crippen MR) is 105 cm³/mol. The smallest absolute Gasteiger partial charge is 0.275 e. The van der Waals surface area contributed by atoms with Crippen LogP contribution in [0.15, 0.2) is 29.2 Å². The molecule has 0 radical (unpaired) electrons. The molecule has 3 heterocycles. The maximum absolute atomic E-state index is 12.9. The third-order valence-corrected chi connectivity index (χ3v) is 5.29. The van der Waals surface area contributed by atoms with Crippen LogP contribution in [0.4, 0.5) is 5.69 Å². The molecule has 148 valence electrons. The first-order valence-electron chi connectivity index (χ1n) is 9.64. The van der Waals surface area contributed by atoms with Crippen molar-refractivity contribution in [2.45, 2.75) is 18.9 Å². The molecule has 0 spiro atoms. The number of aromatic nitrogens is 2. The molecule has 1 unspecified atom stereocenters. The van der Waals surface area contributed by atoms with Crippen molar-refractivity contribution in [1.82, 2.24) is 25.3 Å². The van der Waals surface area contributed by atoms with E-state index in [1.807, 2.05) is 12.1 Å². The van der Waals surface area contributed by atoms with Gasteiger partial charge in [-0.1, -0.05) is 6.07 Å². The van der Waals surface area contributed by atoms with E-state index in [0.717, 1.165) is 50.3 Å². The number of nitrogens with zero attached hydrogens (tertiary/aromatic N) is 3. The number of benzene rings is 1. The monoisotopic (exact) mass is 384 g/mol. The van der Waals surface area contributed by atoms with Gasteiger partial charge in [0.25, 0.3) is 11.5 Å². The molecule has 2 saturated heterocycles. The number of rotatable bonds is 5. The van der Waals surface area contributed by atoms with Crippen LogP contribution < -0.4 is 21.5 Å². The van der Waals surface area contributed by atoms with Gasteiger partial charge in [0.15, 0.2) is 0 Å². The molecule has 9 nitrogen and oxygen atoms in total. The molecule has 4 rings (SSSR count). The zero-order chi connectivity index (χ0) is 19.5. The molecule has 3 N–H and O–H groups in total. The number of piperidine rings is 1. The number of anilines is 1. The van der Waals surface area contributed by atoms with E-state index < -0.39 is 11.9 Å². The first-order valence-corrected chi connectivity index (χ1v) is 9.64. The van der Waals surface area contributed by atoms with E-state index in [-0.39, 0.29) is 24.3 Å². The van der Waals surface area contributed by atoms with Gasteiger partial charge in [0.1, 0.15) is 6.04 Å². The van der Waals surface area contributed by atoms with Crippen LogP contribution in [-0.2, 0) is 9.59 Å². The molecule has 1 aromatic heterocycles. The highest BCUT2D eigenvalue weighted by atomic mass is 16.2. The number of amides is 2. The Bertz CT molecular complexity index is 950. The van der Waals surface area contributed by atoms with Crippen LogP contribution in [0.5, 0.6) is 0 Å². The Labute approximate surface area is 162 Å². The molecule has 2 fully saturated rings. The summed E-state index contributed by atoms with van der Waals surface area (Å²) in [4.78, 5) is 38.8. The first-order chi connectivity index (χ1) is 13.6. The molecule has 28 heavy (non-hydrogen) atoms. The highest BCUT2D eigenvalue weighted by Crippen LogP contribution is 2.19. The van der Waals surface area contributed by atoms with Gasteiger partial charge in [-0.2, -0.15) is 5.10 Å². The maximum atomic E-state index is 12.9. The van der Waals surface area contributed by atoms with Crippen molar-refractivity contribution in [3.05, 3.63) is 34.7 Å². The van der Waals surface area contributed by atoms with Crippen LogP contribution >= 0.6 is 0 Å². The van der Waals surface area contributed by atoms with E-state index in [1.165, 1.54) is 4.68 Å². The van der Waals surface area contributed by atoms with Gasteiger partial charge < -0.3 is 10.6 Å². The summed E-state index contributed by atoms with van der Waals surface area (Å²) in [6, 6.07) is 4.84. The van der Waals surface area contributed by atoms with E-state index >= 15 is 0 Å². The normalized spacial score (nSPS) is 20.9. The topological polar surface area (TPSA) is 108 Å². The summed E-state index contributed by atoms with van der Waals surface area (Å²) >= 11 is 0. The zero-order valence-corrected chi connectivity index (χ0v) is 15.6. The van der Waals surface area contributed by atoms with Crippen LogP contribution in [0.1, 0.15) is 18.9 Å². The second-order valence-corrected chi connectivity index (χ2v) is 7.18. The molecule has 1 aromatic carbocycles. The van der Waals surface area contributed by atoms with Gasteiger partial charge in [0, 0.05) is 56.8 Å². The number of hydrogen-bond acceptors (Lipinski definition) is 7. The molecule has 1 atom stereocenters. The van der Waals surface area contributed by atoms with Crippen molar-refractivity contribution in [2.75, 3.05) is 44.6 Å². The molecular formula is C19H24N6O3. The van der Waals surface area contributed by atoms with Gasteiger partial charge in [-0.25, -0.2) is 4.68 Å². The Morgan fingerprint density at radius 3 is 2.79 bits per heavy atom. The second kappa shape index (κ2) is 8.07. The summed E-state index contributed by atoms with van der Waals surface area (Å²) in [5.41, 5.74) is 0.540. The number of fused-ring (bicyclic) bond motifs is 1. The molecule has 2 aliphatic rings. The van der Waals surface area contributed by atoms with Crippen molar-refractivity contribution in [1.29, 1.82) is 0 Å². The van der Waals surface area contributed by atoms with Crippen LogP contribution in [0.25, 0.3) is 10.8 Å². The highest BCUT2D eigenvalue weighted by Gasteiger charge is 2.29. The van der Waals surface area contributed by atoms with Gasteiger partial charge in [-0.05, 0) is 18.6 Å². The molecule has 0 aliphatic carbocycles. The summed E-state index contributed by atoms with van der Waals surface area (Å²) in [6.45, 7) is 5.85. The fraction of sp³-hybridized carbons (Fsp3) is 0.474. The number of carbonyl (C=O) groups is 2. The Balaban J connectivity index is 1.51. The average Bonchev–Trinajstić information content (AvgIpc) is 2.70. The summed E-state index contributed by atoms with van der Waals surface area (Å²) < 4.78 is 1.19. The van der Waals surface area contributed by atoms with Crippen molar-refractivity contribution in [3.8, 4) is 0 Å². The quantitative estimate of drug-likeness (QED) is 0.607. The standard InChI is InChI=1S/C19H24N6O3/c26-17-4-3-16(18(27)23-17)25-19(28)15-11-14(2-1-13(15)12-22-25)21-7-10-24-8-5-20-6-9-24/h1-2,11-12,16,20-21H,3-10H2,(H,23,26,27). The molecule has 0 bridgehead atoms. The molecular weight excluding hydrogens is 360 g/mol. The fourth-order valence-corrected chi connectivity index (χ4v) is 3.69. The minimum Gasteiger partial charge on any atom is -0.384 e. The minimum absolute atomic E-state index is 0.205. The first kappa shape index (κ1) is 18.6. The lowest BCUT2D eigenvalue weighted by molar-refractivity contribution is -0.136. The fourth-order valence-electron chi connectivity index (χ4n) is 3.69. The van der Waals surface area contributed by atoms with E-state index in [4.69, 9.17) is 0 Å². The third kappa shape index (κ3) is 3.90. The summed E-state index contributed by atoms with van der Waals surface area (Å²) in [6.07, 6.45) is 2.08. The SMILES string of the molecule is O=C1CCC(n2ncc3ccc(NCCN4CCNCC4)cc3c2=O)C(=O)N1. The Kier molecular flexibility index (Phi) is 5.36. The maximum Gasteiger partial charge on any atom is 0.275 e. The van der Waals surface area contributed by atoms with Gasteiger partial charge in [0.2, 0.25) is 5.91 Å². The summed E-state index contributed by atoms with van der Waals surface area (Å²) in [5.74, 6) is -0.790. The van der Waals surface area contributed by atoms with Crippen molar-refractivity contribution < 1.29 is 9.59 Å². The molecule has 2 aliphatic heterocycles. The second-order valence-electron chi connectivity index (χ2n) is 7.18. The molecule has 0 saturated carbocycles.